The van der Waals surface area contributed by atoms with Crippen molar-refractivity contribution in [2.45, 2.75) is 20.5 Å². The van der Waals surface area contributed by atoms with E-state index in [0.29, 0.717) is 12.5 Å². The summed E-state index contributed by atoms with van der Waals surface area (Å²) in [5, 5.41) is 0. The molecule has 1 N–H and O–H groups in total. The first-order chi connectivity index (χ1) is 12.2. The minimum absolute atomic E-state index is 0.464. The van der Waals surface area contributed by atoms with Crippen LogP contribution in [0.25, 0.3) is 22.4 Å². The van der Waals surface area contributed by atoms with Crippen molar-refractivity contribution >= 4 is 11.0 Å². The third-order valence-corrected chi connectivity index (χ3v) is 4.05. The van der Waals surface area contributed by atoms with Gasteiger partial charge < -0.3 is 9.72 Å². The van der Waals surface area contributed by atoms with Crippen LogP contribution in [0, 0.1) is 13.8 Å². The number of rotatable bonds is 4. The average Bonchev–Trinajstić information content (AvgIpc) is 3.03. The van der Waals surface area contributed by atoms with E-state index in [1.165, 1.54) is 0 Å². The van der Waals surface area contributed by atoms with Gasteiger partial charge in [-0.05, 0) is 37.1 Å². The number of aromatic amines is 1. The molecule has 0 bridgehead atoms. The molecule has 0 amide bonds. The van der Waals surface area contributed by atoms with Crippen LogP contribution >= 0.6 is 0 Å². The van der Waals surface area contributed by atoms with Gasteiger partial charge in [-0.3, -0.25) is 4.98 Å². The van der Waals surface area contributed by atoms with E-state index in [9.17, 15) is 0 Å². The van der Waals surface area contributed by atoms with Gasteiger partial charge in [-0.25, -0.2) is 9.97 Å². The topological polar surface area (TPSA) is 63.7 Å². The molecule has 0 unspecified atom stereocenters. The molecule has 25 heavy (non-hydrogen) atoms. The SMILES string of the molecule is Cc1cc(C)c(-c2nc3ccncc3[nH]2)c(OCc2ccccc2)n1. The molecule has 5 heteroatoms. The van der Waals surface area contributed by atoms with Crippen LogP contribution in [0.5, 0.6) is 5.88 Å². The van der Waals surface area contributed by atoms with Crippen molar-refractivity contribution in [3.8, 4) is 17.3 Å². The Balaban J connectivity index is 1.75. The predicted molar refractivity (Wildman–Crippen MR) is 97.4 cm³/mol. The largest absolute Gasteiger partial charge is 0.472 e. The summed E-state index contributed by atoms with van der Waals surface area (Å²) in [5.41, 5.74) is 5.75. The maximum Gasteiger partial charge on any atom is 0.225 e. The first-order valence-electron chi connectivity index (χ1n) is 8.16. The summed E-state index contributed by atoms with van der Waals surface area (Å²) in [4.78, 5) is 16.7. The lowest BCUT2D eigenvalue weighted by Crippen LogP contribution is -2.02. The van der Waals surface area contributed by atoms with Gasteiger partial charge in [-0.1, -0.05) is 30.3 Å². The van der Waals surface area contributed by atoms with Crippen LogP contribution in [0.4, 0.5) is 0 Å². The average molecular weight is 330 g/mol. The molecule has 5 nitrogen and oxygen atoms in total. The minimum atomic E-state index is 0.464. The van der Waals surface area contributed by atoms with Gasteiger partial charge in [0.1, 0.15) is 12.4 Å². The smallest absolute Gasteiger partial charge is 0.225 e. The Morgan fingerprint density at radius 1 is 1.04 bits per heavy atom. The molecule has 3 heterocycles. The Morgan fingerprint density at radius 2 is 1.88 bits per heavy atom. The molecule has 0 aliphatic rings. The van der Waals surface area contributed by atoms with Crippen LogP contribution in [0.2, 0.25) is 0 Å². The molecule has 124 valence electrons. The van der Waals surface area contributed by atoms with Crippen LogP contribution in [0.1, 0.15) is 16.8 Å². The van der Waals surface area contributed by atoms with Gasteiger partial charge in [0.2, 0.25) is 5.88 Å². The number of fused-ring (bicyclic) bond motifs is 1. The lowest BCUT2D eigenvalue weighted by molar-refractivity contribution is 0.294. The van der Waals surface area contributed by atoms with Crippen LogP contribution in [0.15, 0.2) is 54.9 Å². The molecule has 0 spiro atoms. The summed E-state index contributed by atoms with van der Waals surface area (Å²) in [7, 11) is 0. The lowest BCUT2D eigenvalue weighted by atomic mass is 10.1. The van der Waals surface area contributed by atoms with Crippen LogP contribution in [-0.4, -0.2) is 19.9 Å². The Morgan fingerprint density at radius 3 is 2.68 bits per heavy atom. The Hall–Kier alpha value is -3.21. The number of benzene rings is 1. The number of aromatic nitrogens is 4. The molecule has 4 aromatic rings. The number of hydrogen-bond acceptors (Lipinski definition) is 4. The molecule has 0 saturated heterocycles. The fourth-order valence-electron chi connectivity index (χ4n) is 2.90. The Bertz CT molecular complexity index is 991. The molecule has 0 atom stereocenters. The third-order valence-electron chi connectivity index (χ3n) is 4.05. The summed E-state index contributed by atoms with van der Waals surface area (Å²) in [5.74, 6) is 1.34. The fraction of sp³-hybridized carbons (Fsp3) is 0.150. The number of nitrogens with zero attached hydrogens (tertiary/aromatic N) is 3. The number of pyridine rings is 2. The Labute approximate surface area is 145 Å². The lowest BCUT2D eigenvalue weighted by Gasteiger charge is -2.12. The molecule has 1 aromatic carbocycles. The second-order valence-electron chi connectivity index (χ2n) is 6.01. The van der Waals surface area contributed by atoms with Gasteiger partial charge in [-0.15, -0.1) is 0 Å². The summed E-state index contributed by atoms with van der Waals surface area (Å²) < 4.78 is 6.05. The van der Waals surface area contributed by atoms with Crippen molar-refractivity contribution in [3.05, 3.63) is 71.7 Å². The number of aryl methyl sites for hydroxylation is 2. The van der Waals surface area contributed by atoms with Gasteiger partial charge in [0.15, 0.2) is 0 Å². The zero-order chi connectivity index (χ0) is 17.2. The summed E-state index contributed by atoms with van der Waals surface area (Å²) in [6.45, 7) is 4.48. The zero-order valence-electron chi connectivity index (χ0n) is 14.2. The maximum absolute atomic E-state index is 6.05. The van der Waals surface area contributed by atoms with Crippen molar-refractivity contribution in [1.82, 2.24) is 19.9 Å². The first kappa shape index (κ1) is 15.3. The predicted octanol–water partition coefficient (Wildman–Crippen LogP) is 4.22. The maximum atomic E-state index is 6.05. The molecule has 0 radical (unpaired) electrons. The van der Waals surface area contributed by atoms with Gasteiger partial charge in [0.25, 0.3) is 0 Å². The highest BCUT2D eigenvalue weighted by molar-refractivity contribution is 5.80. The minimum Gasteiger partial charge on any atom is -0.472 e. The summed E-state index contributed by atoms with van der Waals surface area (Å²) in [6, 6.07) is 14.0. The number of nitrogens with one attached hydrogen (secondary N) is 1. The van der Waals surface area contributed by atoms with Crippen molar-refractivity contribution in [2.75, 3.05) is 0 Å². The van der Waals surface area contributed by atoms with E-state index in [4.69, 9.17) is 4.74 Å². The van der Waals surface area contributed by atoms with E-state index < -0.39 is 0 Å². The van der Waals surface area contributed by atoms with Gasteiger partial charge in [-0.2, -0.15) is 0 Å². The van der Waals surface area contributed by atoms with E-state index in [-0.39, 0.29) is 0 Å². The van der Waals surface area contributed by atoms with Gasteiger partial charge in [0, 0.05) is 11.9 Å². The second kappa shape index (κ2) is 6.36. The van der Waals surface area contributed by atoms with E-state index in [1.807, 2.05) is 56.3 Å². The quantitative estimate of drug-likeness (QED) is 0.608. The Kier molecular flexibility index (Phi) is 3.90. The normalized spacial score (nSPS) is 11.0. The number of H-pyrrole nitrogens is 1. The number of ether oxygens (including phenoxy) is 1. The molecule has 4 rings (SSSR count). The van der Waals surface area contributed by atoms with Crippen molar-refractivity contribution < 1.29 is 4.74 Å². The van der Waals surface area contributed by atoms with Crippen LogP contribution in [-0.2, 0) is 6.61 Å². The molecular formula is C20H18N4O. The molecule has 0 fully saturated rings. The standard InChI is InChI=1S/C20H18N4O/c1-13-10-14(2)22-20(25-12-15-6-4-3-5-7-15)18(13)19-23-16-8-9-21-11-17(16)24-19/h3-11H,12H2,1-2H3,(H,23,24). The number of imidazole rings is 1. The fourth-order valence-corrected chi connectivity index (χ4v) is 2.90. The van der Waals surface area contributed by atoms with Crippen molar-refractivity contribution in [2.24, 2.45) is 0 Å². The molecule has 3 aromatic heterocycles. The molecular weight excluding hydrogens is 312 g/mol. The zero-order valence-corrected chi connectivity index (χ0v) is 14.2. The van der Waals surface area contributed by atoms with E-state index in [1.54, 1.807) is 12.4 Å². The van der Waals surface area contributed by atoms with Crippen LogP contribution in [0.3, 0.4) is 0 Å². The third kappa shape index (κ3) is 3.08. The second-order valence-corrected chi connectivity index (χ2v) is 6.01. The summed E-state index contributed by atoms with van der Waals surface area (Å²) in [6.07, 6.45) is 3.51. The van der Waals surface area contributed by atoms with E-state index in [2.05, 4.69) is 19.9 Å². The molecule has 0 aliphatic carbocycles. The molecule has 0 saturated carbocycles. The highest BCUT2D eigenvalue weighted by Crippen LogP contribution is 2.32. The monoisotopic (exact) mass is 330 g/mol. The summed E-state index contributed by atoms with van der Waals surface area (Å²) >= 11 is 0. The van der Waals surface area contributed by atoms with Gasteiger partial charge in [0.05, 0.1) is 22.8 Å². The van der Waals surface area contributed by atoms with Crippen molar-refractivity contribution in [3.63, 3.8) is 0 Å². The van der Waals surface area contributed by atoms with Crippen molar-refractivity contribution in [1.29, 1.82) is 0 Å². The van der Waals surface area contributed by atoms with Crippen LogP contribution < -0.4 is 4.74 Å². The van der Waals surface area contributed by atoms with E-state index >= 15 is 0 Å². The molecule has 0 aliphatic heterocycles. The highest BCUT2D eigenvalue weighted by atomic mass is 16.5. The highest BCUT2D eigenvalue weighted by Gasteiger charge is 2.16. The number of hydrogen-bond donors (Lipinski definition) is 1. The first-order valence-corrected chi connectivity index (χ1v) is 8.16. The van der Waals surface area contributed by atoms with Gasteiger partial charge >= 0.3 is 0 Å². The van der Waals surface area contributed by atoms with E-state index in [0.717, 1.165) is 39.2 Å².